The average Bonchev–Trinajstić information content (AvgIpc) is 3.32. The van der Waals surface area contributed by atoms with E-state index in [1.54, 1.807) is 13.8 Å². The molecular weight excluding hydrogens is 536 g/mol. The molecule has 2 N–H and O–H groups in total. The Morgan fingerprint density at radius 3 is 2.35 bits per heavy atom. The molecule has 0 aromatic heterocycles. The van der Waals surface area contributed by atoms with Crippen molar-refractivity contribution in [2.24, 2.45) is 9.63 Å². The highest BCUT2D eigenvalue weighted by atomic mass is 32.3. The summed E-state index contributed by atoms with van der Waals surface area (Å²) in [5.41, 5.74) is -0.261. The van der Waals surface area contributed by atoms with Crippen LogP contribution in [0.5, 0.6) is 11.5 Å². The number of aliphatic hydroxyl groups is 1. The molecule has 1 aromatic carbocycles. The molecule has 1 aromatic rings. The number of nitrogens with zero attached hydrogens (tertiary/aromatic N) is 3. The van der Waals surface area contributed by atoms with Gasteiger partial charge in [-0.25, -0.2) is 4.79 Å². The van der Waals surface area contributed by atoms with Crippen LogP contribution < -0.4 is 9.47 Å². The lowest BCUT2D eigenvalue weighted by Crippen LogP contribution is -2.46. The fourth-order valence-corrected chi connectivity index (χ4v) is 6.39. The summed E-state index contributed by atoms with van der Waals surface area (Å²) in [6, 6.07) is 1.40. The Labute approximate surface area is 216 Å². The van der Waals surface area contributed by atoms with E-state index < -0.39 is 43.5 Å². The minimum absolute atomic E-state index is 0.142. The molecule has 2 amide bonds. The highest BCUT2D eigenvalue weighted by Gasteiger charge is 2.47. The number of carbonyl (C=O) groups is 2. The standard InChI is InChI=1S/C22H27F2N3O8S2/c1-10(2)12-7-14-18(35-22(23,24)34-14)17(11(3)4)13(12)8-15(28)27-9-16(36-19(27)21(5,6)31)37(32,33)26-25-20(29)30/h7,9-11,19,31H,8H2,1-6H3,(H,29,30). The summed E-state index contributed by atoms with van der Waals surface area (Å²) in [6.07, 6.45) is -5.07. The van der Waals surface area contributed by atoms with Crippen LogP contribution in [0.25, 0.3) is 0 Å². The second-order valence-electron chi connectivity index (χ2n) is 9.65. The van der Waals surface area contributed by atoms with Gasteiger partial charge in [-0.2, -0.15) is 8.42 Å². The van der Waals surface area contributed by atoms with Gasteiger partial charge in [0.05, 0.1) is 12.0 Å². The number of carbonyl (C=O) groups excluding carboxylic acids is 1. The number of halogens is 2. The normalized spacial score (nSPS) is 19.3. The van der Waals surface area contributed by atoms with Gasteiger partial charge < -0.3 is 24.6 Å². The van der Waals surface area contributed by atoms with Crippen LogP contribution in [0.1, 0.15) is 70.1 Å². The number of rotatable bonds is 7. The summed E-state index contributed by atoms with van der Waals surface area (Å²) in [7, 11) is -4.58. The van der Waals surface area contributed by atoms with E-state index in [1.165, 1.54) is 19.9 Å². The Hall–Kier alpha value is -2.78. The van der Waals surface area contributed by atoms with Gasteiger partial charge in [-0.3, -0.25) is 4.79 Å². The second-order valence-corrected chi connectivity index (χ2v) is 12.6. The number of sulfonamides is 1. The summed E-state index contributed by atoms with van der Waals surface area (Å²) >= 11 is 0.602. The number of fused-ring (bicyclic) bond motifs is 1. The molecule has 0 spiro atoms. The predicted octanol–water partition coefficient (Wildman–Crippen LogP) is 4.73. The molecule has 0 aliphatic carbocycles. The van der Waals surface area contributed by atoms with Crippen molar-refractivity contribution in [2.45, 2.75) is 77.1 Å². The van der Waals surface area contributed by atoms with Gasteiger partial charge in [0.25, 0.3) is 0 Å². The molecule has 0 fully saturated rings. The monoisotopic (exact) mass is 563 g/mol. The van der Waals surface area contributed by atoms with Crippen molar-refractivity contribution in [2.75, 3.05) is 0 Å². The zero-order valence-corrected chi connectivity index (χ0v) is 22.5. The lowest BCUT2D eigenvalue weighted by molar-refractivity contribution is -0.287. The molecule has 204 valence electrons. The van der Waals surface area contributed by atoms with E-state index >= 15 is 0 Å². The first-order chi connectivity index (χ1) is 16.8. The minimum atomic E-state index is -4.58. The minimum Gasteiger partial charge on any atom is -0.462 e. The summed E-state index contributed by atoms with van der Waals surface area (Å²) in [5.74, 6) is -1.51. The van der Waals surface area contributed by atoms with Gasteiger partial charge in [0.1, 0.15) is 9.61 Å². The molecule has 2 aliphatic heterocycles. The molecule has 1 unspecified atom stereocenters. The number of hydrogen-bond acceptors (Lipinski definition) is 8. The third-order valence-electron chi connectivity index (χ3n) is 5.51. The molecule has 0 bridgehead atoms. The first kappa shape index (κ1) is 28.8. The quantitative estimate of drug-likeness (QED) is 0.448. The number of amides is 2. The lowest BCUT2D eigenvalue weighted by atomic mass is 9.85. The third kappa shape index (κ3) is 6.04. The van der Waals surface area contributed by atoms with Crippen molar-refractivity contribution in [3.63, 3.8) is 0 Å². The predicted molar refractivity (Wildman–Crippen MR) is 129 cm³/mol. The van der Waals surface area contributed by atoms with Gasteiger partial charge in [-0.15, -0.1) is 8.78 Å². The van der Waals surface area contributed by atoms with Crippen molar-refractivity contribution < 1.29 is 46.5 Å². The van der Waals surface area contributed by atoms with Crippen LogP contribution >= 0.6 is 11.8 Å². The summed E-state index contributed by atoms with van der Waals surface area (Å²) in [5, 5.41) is 20.8. The topological polar surface area (TPSA) is 155 Å². The van der Waals surface area contributed by atoms with Gasteiger partial charge in [0.15, 0.2) is 11.5 Å². The zero-order valence-electron chi connectivity index (χ0n) is 20.9. The Kier molecular flexibility index (Phi) is 7.65. The fourth-order valence-electron chi connectivity index (χ4n) is 4.06. The Balaban J connectivity index is 2.09. The fraction of sp³-hybridized carbons (Fsp3) is 0.545. The van der Waals surface area contributed by atoms with Crippen molar-refractivity contribution in [3.05, 3.63) is 33.2 Å². The number of thioether (sulfide) groups is 1. The van der Waals surface area contributed by atoms with Crippen LogP contribution in [0.15, 0.2) is 26.1 Å². The van der Waals surface area contributed by atoms with Crippen LogP contribution in [-0.2, 0) is 21.2 Å². The smallest absolute Gasteiger partial charge is 0.462 e. The molecule has 2 heterocycles. The SMILES string of the molecule is CC(C)c1cc2c(c(C(C)C)c1CC(=O)N1C=C(S(=O)(=O)N=NC(=O)O)SC1C(C)(C)O)OC(F)(F)O2. The Morgan fingerprint density at radius 2 is 1.84 bits per heavy atom. The molecule has 11 nitrogen and oxygen atoms in total. The molecule has 0 saturated heterocycles. The van der Waals surface area contributed by atoms with Crippen molar-refractivity contribution in [1.29, 1.82) is 0 Å². The van der Waals surface area contributed by atoms with Crippen molar-refractivity contribution >= 4 is 33.8 Å². The maximum atomic E-state index is 13.9. The Morgan fingerprint density at radius 1 is 1.22 bits per heavy atom. The van der Waals surface area contributed by atoms with Gasteiger partial charge in [0, 0.05) is 11.8 Å². The lowest BCUT2D eigenvalue weighted by Gasteiger charge is -2.33. The van der Waals surface area contributed by atoms with Crippen LogP contribution in [0.2, 0.25) is 0 Å². The van der Waals surface area contributed by atoms with E-state index in [4.69, 9.17) is 9.84 Å². The van der Waals surface area contributed by atoms with Gasteiger partial charge in [-0.1, -0.05) is 44.6 Å². The molecular formula is C22H27F2N3O8S2. The van der Waals surface area contributed by atoms with E-state index in [2.05, 4.69) is 14.4 Å². The van der Waals surface area contributed by atoms with Crippen molar-refractivity contribution in [3.8, 4) is 11.5 Å². The Bertz CT molecular complexity index is 1290. The number of alkyl halides is 2. The molecule has 0 radical (unpaired) electrons. The van der Waals surface area contributed by atoms with Crippen LogP contribution in [0.4, 0.5) is 13.6 Å². The van der Waals surface area contributed by atoms with Crippen LogP contribution in [0.3, 0.4) is 0 Å². The van der Waals surface area contributed by atoms with Crippen LogP contribution in [0, 0.1) is 0 Å². The van der Waals surface area contributed by atoms with Gasteiger partial charge in [-0.05, 0) is 47.4 Å². The van der Waals surface area contributed by atoms with E-state index in [1.807, 2.05) is 13.8 Å². The van der Waals surface area contributed by atoms with E-state index in [0.29, 0.717) is 28.5 Å². The molecule has 1 atom stereocenters. The van der Waals surface area contributed by atoms with E-state index in [9.17, 15) is 31.9 Å². The molecule has 0 saturated carbocycles. The van der Waals surface area contributed by atoms with Crippen molar-refractivity contribution in [1.82, 2.24) is 4.90 Å². The molecule has 3 rings (SSSR count). The third-order valence-corrected chi connectivity index (χ3v) is 8.71. The van der Waals surface area contributed by atoms with Gasteiger partial charge in [0.2, 0.25) is 5.91 Å². The summed E-state index contributed by atoms with van der Waals surface area (Å²) < 4.78 is 64.6. The highest BCUT2D eigenvalue weighted by Crippen LogP contribution is 2.50. The first-order valence-electron chi connectivity index (χ1n) is 11.1. The summed E-state index contributed by atoms with van der Waals surface area (Å²) in [4.78, 5) is 25.2. The maximum Gasteiger partial charge on any atom is 0.586 e. The average molecular weight is 564 g/mol. The maximum absolute atomic E-state index is 13.9. The van der Waals surface area contributed by atoms with E-state index in [0.717, 1.165) is 11.1 Å². The zero-order chi connectivity index (χ0) is 28.1. The molecule has 15 heteroatoms. The largest absolute Gasteiger partial charge is 0.586 e. The number of ether oxygens (including phenoxy) is 2. The number of benzene rings is 1. The summed E-state index contributed by atoms with van der Waals surface area (Å²) in [6.45, 7) is 9.87. The first-order valence-corrected chi connectivity index (χ1v) is 13.4. The number of carboxylic acid groups (broad SMARTS) is 1. The molecule has 2 aliphatic rings. The second kappa shape index (κ2) is 9.83. The number of hydrogen-bond donors (Lipinski definition) is 2. The van der Waals surface area contributed by atoms with Gasteiger partial charge >= 0.3 is 22.4 Å². The van der Waals surface area contributed by atoms with Crippen LogP contribution in [-0.4, -0.2) is 52.8 Å². The molecule has 37 heavy (non-hydrogen) atoms. The highest BCUT2D eigenvalue weighted by molar-refractivity contribution is 8.18. The van der Waals surface area contributed by atoms with E-state index in [-0.39, 0.29) is 29.8 Å².